The summed E-state index contributed by atoms with van der Waals surface area (Å²) in [5, 5.41) is 3.90. The van der Waals surface area contributed by atoms with E-state index in [4.69, 9.17) is 28.0 Å². The van der Waals surface area contributed by atoms with Crippen molar-refractivity contribution < 1.29 is 9.63 Å². The van der Waals surface area contributed by atoms with Crippen molar-refractivity contribution in [1.82, 2.24) is 4.98 Å². The number of aromatic nitrogens is 1. The van der Waals surface area contributed by atoms with Crippen LogP contribution in [0, 0.1) is 0 Å². The lowest BCUT2D eigenvalue weighted by molar-refractivity contribution is 0.0519. The Hall–Kier alpha value is -1.91. The van der Waals surface area contributed by atoms with Crippen molar-refractivity contribution in [2.24, 2.45) is 5.16 Å². The van der Waals surface area contributed by atoms with Crippen LogP contribution in [0.15, 0.2) is 47.8 Å². The molecule has 0 atom stereocenters. The van der Waals surface area contributed by atoms with E-state index in [0.717, 1.165) is 5.56 Å². The Labute approximate surface area is 119 Å². The van der Waals surface area contributed by atoms with Gasteiger partial charge in [-0.2, -0.15) is 0 Å². The predicted molar refractivity (Wildman–Crippen MR) is 73.7 cm³/mol. The van der Waals surface area contributed by atoms with Crippen molar-refractivity contribution in [3.63, 3.8) is 0 Å². The molecule has 0 spiro atoms. The van der Waals surface area contributed by atoms with Gasteiger partial charge in [-0.15, -0.1) is 0 Å². The lowest BCUT2D eigenvalue weighted by Gasteiger charge is -2.00. The number of pyridine rings is 1. The first-order valence-electron chi connectivity index (χ1n) is 5.27. The van der Waals surface area contributed by atoms with Crippen LogP contribution in [-0.2, 0) is 4.84 Å². The van der Waals surface area contributed by atoms with Crippen molar-refractivity contribution in [2.45, 2.75) is 0 Å². The Kier molecular flexibility index (Phi) is 4.49. The van der Waals surface area contributed by atoms with E-state index in [1.165, 1.54) is 18.5 Å². The van der Waals surface area contributed by atoms with Crippen LogP contribution in [0.25, 0.3) is 0 Å². The summed E-state index contributed by atoms with van der Waals surface area (Å²) in [6, 6.07) is 10.6. The molecule has 2 rings (SSSR count). The molecule has 0 aliphatic rings. The molecular formula is C13H8Cl2N2O2. The summed E-state index contributed by atoms with van der Waals surface area (Å²) < 4.78 is 0. The first kappa shape index (κ1) is 13.5. The van der Waals surface area contributed by atoms with Crippen molar-refractivity contribution in [2.75, 3.05) is 0 Å². The van der Waals surface area contributed by atoms with Gasteiger partial charge in [-0.05, 0) is 11.6 Å². The minimum atomic E-state index is -0.716. The van der Waals surface area contributed by atoms with E-state index in [1.54, 1.807) is 0 Å². The van der Waals surface area contributed by atoms with Crippen LogP contribution >= 0.6 is 23.2 Å². The molecule has 0 fully saturated rings. The van der Waals surface area contributed by atoms with Crippen LogP contribution in [0.1, 0.15) is 15.9 Å². The molecule has 0 saturated carbocycles. The maximum absolute atomic E-state index is 11.7. The van der Waals surface area contributed by atoms with Crippen molar-refractivity contribution in [3.05, 3.63) is 63.9 Å². The molecule has 1 aromatic carbocycles. The minimum absolute atomic E-state index is 0.0179. The molecule has 0 radical (unpaired) electrons. The van der Waals surface area contributed by atoms with E-state index < -0.39 is 5.97 Å². The van der Waals surface area contributed by atoms with Crippen LogP contribution in [-0.4, -0.2) is 17.2 Å². The van der Waals surface area contributed by atoms with Gasteiger partial charge < -0.3 is 4.84 Å². The lowest BCUT2D eigenvalue weighted by Crippen LogP contribution is -2.03. The topological polar surface area (TPSA) is 51.5 Å². The number of oxime groups is 1. The van der Waals surface area contributed by atoms with E-state index in [9.17, 15) is 4.79 Å². The molecule has 1 aromatic heterocycles. The van der Waals surface area contributed by atoms with Crippen molar-refractivity contribution in [1.29, 1.82) is 0 Å². The Balaban J connectivity index is 2.06. The average Bonchev–Trinajstić information content (AvgIpc) is 2.42. The fourth-order valence-corrected chi connectivity index (χ4v) is 1.63. The minimum Gasteiger partial charge on any atom is -0.313 e. The summed E-state index contributed by atoms with van der Waals surface area (Å²) in [7, 11) is 0. The van der Waals surface area contributed by atoms with E-state index in [2.05, 4.69) is 10.1 Å². The van der Waals surface area contributed by atoms with Gasteiger partial charge in [0.25, 0.3) is 0 Å². The van der Waals surface area contributed by atoms with E-state index in [-0.39, 0.29) is 10.7 Å². The Morgan fingerprint density at radius 2 is 2.00 bits per heavy atom. The molecule has 4 nitrogen and oxygen atoms in total. The molecule has 0 bridgehead atoms. The Morgan fingerprint density at radius 1 is 1.26 bits per heavy atom. The van der Waals surface area contributed by atoms with Gasteiger partial charge in [0, 0.05) is 6.20 Å². The van der Waals surface area contributed by atoms with Gasteiger partial charge in [-0.3, -0.25) is 0 Å². The molecule has 0 amide bonds. The number of carbonyl (C=O) groups excluding carboxylic acids is 1. The normalized spacial score (nSPS) is 10.6. The summed E-state index contributed by atoms with van der Waals surface area (Å²) >= 11 is 11.5. The van der Waals surface area contributed by atoms with Crippen LogP contribution < -0.4 is 0 Å². The van der Waals surface area contributed by atoms with E-state index >= 15 is 0 Å². The third-order valence-electron chi connectivity index (χ3n) is 2.16. The highest BCUT2D eigenvalue weighted by Gasteiger charge is 2.13. The number of rotatable bonds is 3. The van der Waals surface area contributed by atoms with Gasteiger partial charge in [0.15, 0.2) is 0 Å². The lowest BCUT2D eigenvalue weighted by atomic mass is 10.2. The molecule has 0 aliphatic heterocycles. The van der Waals surface area contributed by atoms with Gasteiger partial charge >= 0.3 is 5.97 Å². The summed E-state index contributed by atoms with van der Waals surface area (Å²) in [6.07, 6.45) is 2.76. The number of hydrogen-bond donors (Lipinski definition) is 0. The summed E-state index contributed by atoms with van der Waals surface area (Å²) in [4.78, 5) is 20.2. The Morgan fingerprint density at radius 3 is 2.74 bits per heavy atom. The molecular weight excluding hydrogens is 287 g/mol. The highest BCUT2D eigenvalue weighted by atomic mass is 35.5. The maximum atomic E-state index is 11.7. The van der Waals surface area contributed by atoms with Gasteiger partial charge in [0.2, 0.25) is 0 Å². The van der Waals surface area contributed by atoms with Crippen LogP contribution in [0.4, 0.5) is 0 Å². The monoisotopic (exact) mass is 294 g/mol. The van der Waals surface area contributed by atoms with Gasteiger partial charge in [-0.1, -0.05) is 58.7 Å². The number of nitrogens with zero attached hydrogens (tertiary/aromatic N) is 2. The summed E-state index contributed by atoms with van der Waals surface area (Å²) in [6.45, 7) is 0. The van der Waals surface area contributed by atoms with Crippen molar-refractivity contribution >= 4 is 35.4 Å². The average molecular weight is 295 g/mol. The molecule has 96 valence electrons. The first-order chi connectivity index (χ1) is 9.16. The zero-order valence-electron chi connectivity index (χ0n) is 9.59. The van der Waals surface area contributed by atoms with Gasteiger partial charge in [0.1, 0.15) is 10.7 Å². The third-order valence-corrected chi connectivity index (χ3v) is 2.67. The Bertz CT molecular complexity index is 615. The molecule has 0 saturated heterocycles. The molecule has 0 unspecified atom stereocenters. The highest BCUT2D eigenvalue weighted by molar-refractivity contribution is 6.34. The van der Waals surface area contributed by atoms with E-state index in [1.807, 2.05) is 30.3 Å². The highest BCUT2D eigenvalue weighted by Crippen LogP contribution is 2.18. The number of hydrogen-bond acceptors (Lipinski definition) is 4. The zero-order chi connectivity index (χ0) is 13.7. The summed E-state index contributed by atoms with van der Waals surface area (Å²) in [5.74, 6) is -0.716. The van der Waals surface area contributed by atoms with Crippen LogP contribution in [0.2, 0.25) is 10.2 Å². The number of halogens is 2. The van der Waals surface area contributed by atoms with Gasteiger partial charge in [-0.25, -0.2) is 9.78 Å². The third kappa shape index (κ3) is 3.77. The second kappa shape index (κ2) is 6.31. The van der Waals surface area contributed by atoms with Gasteiger partial charge in [0.05, 0.1) is 11.2 Å². The number of benzene rings is 1. The van der Waals surface area contributed by atoms with Crippen LogP contribution in [0.3, 0.4) is 0 Å². The number of carbonyl (C=O) groups is 1. The summed E-state index contributed by atoms with van der Waals surface area (Å²) in [5.41, 5.74) is 0.880. The largest absolute Gasteiger partial charge is 0.368 e. The molecule has 1 heterocycles. The second-order valence-corrected chi connectivity index (χ2v) is 4.31. The van der Waals surface area contributed by atoms with Crippen LogP contribution in [0.5, 0.6) is 0 Å². The smallest absolute Gasteiger partial charge is 0.313 e. The molecule has 0 aliphatic carbocycles. The maximum Gasteiger partial charge on any atom is 0.368 e. The fourth-order valence-electron chi connectivity index (χ4n) is 1.29. The first-order valence-corrected chi connectivity index (χ1v) is 6.03. The molecule has 19 heavy (non-hydrogen) atoms. The van der Waals surface area contributed by atoms with E-state index in [0.29, 0.717) is 5.02 Å². The second-order valence-electron chi connectivity index (χ2n) is 3.52. The molecule has 2 aromatic rings. The molecule has 6 heteroatoms. The van der Waals surface area contributed by atoms with Crippen molar-refractivity contribution in [3.8, 4) is 0 Å². The standard InChI is InChI=1S/C13H8Cl2N2O2/c14-10-6-11(12(15)16-8-10)13(18)19-17-7-9-4-2-1-3-5-9/h1-8H. The fraction of sp³-hybridized carbons (Fsp3) is 0. The predicted octanol–water partition coefficient (Wildman–Crippen LogP) is 3.58. The molecule has 0 N–H and O–H groups in total. The SMILES string of the molecule is O=C(ON=Cc1ccccc1)c1cc(Cl)cnc1Cl. The zero-order valence-corrected chi connectivity index (χ0v) is 11.1. The quantitative estimate of drug-likeness (QED) is 0.376.